The standard InChI is InChI=1S/C21H20N2O4S/c1-14-20(21(25)26)28-19(23-14)13-18(24)22-11-12-27-17-10-6-5-9-16(17)15-7-3-2-4-8-15/h2-10H,11-13H2,1H3,(H,22,24)(H,25,26). The van der Waals surface area contributed by atoms with Gasteiger partial charge in [-0.05, 0) is 18.6 Å². The molecule has 0 radical (unpaired) electrons. The van der Waals surface area contributed by atoms with Crippen molar-refractivity contribution < 1.29 is 19.4 Å². The Labute approximate surface area is 166 Å². The van der Waals surface area contributed by atoms with Crippen molar-refractivity contribution in [3.05, 3.63) is 70.2 Å². The molecule has 6 nitrogen and oxygen atoms in total. The fraction of sp³-hybridized carbons (Fsp3) is 0.190. The second kappa shape index (κ2) is 9.14. The average molecular weight is 396 g/mol. The number of rotatable bonds is 8. The van der Waals surface area contributed by atoms with Gasteiger partial charge >= 0.3 is 5.97 Å². The molecule has 0 fully saturated rings. The van der Waals surface area contributed by atoms with Crippen LogP contribution in [0.3, 0.4) is 0 Å². The quantitative estimate of drug-likeness (QED) is 0.569. The fourth-order valence-electron chi connectivity index (χ4n) is 2.73. The van der Waals surface area contributed by atoms with Crippen molar-refractivity contribution >= 4 is 23.2 Å². The van der Waals surface area contributed by atoms with Gasteiger partial charge in [-0.1, -0.05) is 48.5 Å². The van der Waals surface area contributed by atoms with E-state index in [-0.39, 0.29) is 17.2 Å². The molecule has 7 heteroatoms. The fourth-order valence-corrected chi connectivity index (χ4v) is 3.63. The molecule has 144 valence electrons. The smallest absolute Gasteiger partial charge is 0.347 e. The van der Waals surface area contributed by atoms with Crippen molar-refractivity contribution in [2.45, 2.75) is 13.3 Å². The van der Waals surface area contributed by atoms with Crippen LogP contribution in [0.5, 0.6) is 5.75 Å². The zero-order valence-corrected chi connectivity index (χ0v) is 16.2. The van der Waals surface area contributed by atoms with Gasteiger partial charge in [-0.2, -0.15) is 0 Å². The predicted molar refractivity (Wildman–Crippen MR) is 108 cm³/mol. The Morgan fingerprint density at radius 1 is 1.11 bits per heavy atom. The normalized spacial score (nSPS) is 10.5. The maximum absolute atomic E-state index is 12.1. The van der Waals surface area contributed by atoms with E-state index in [1.807, 2.05) is 54.6 Å². The van der Waals surface area contributed by atoms with Gasteiger partial charge in [0, 0.05) is 5.56 Å². The van der Waals surface area contributed by atoms with Crippen LogP contribution in [0.25, 0.3) is 11.1 Å². The summed E-state index contributed by atoms with van der Waals surface area (Å²) in [5.74, 6) is -0.484. The highest BCUT2D eigenvalue weighted by Gasteiger charge is 2.15. The molecule has 0 saturated carbocycles. The molecule has 0 aliphatic carbocycles. The number of ether oxygens (including phenoxy) is 1. The molecule has 3 rings (SSSR count). The lowest BCUT2D eigenvalue weighted by Crippen LogP contribution is -2.29. The van der Waals surface area contributed by atoms with E-state index in [1.165, 1.54) is 0 Å². The average Bonchev–Trinajstić information content (AvgIpc) is 3.06. The van der Waals surface area contributed by atoms with E-state index in [1.54, 1.807) is 6.92 Å². The molecule has 2 aromatic carbocycles. The second-order valence-corrected chi connectivity index (χ2v) is 7.15. The minimum absolute atomic E-state index is 0.0549. The molecule has 28 heavy (non-hydrogen) atoms. The van der Waals surface area contributed by atoms with Gasteiger partial charge in [0.05, 0.1) is 18.7 Å². The minimum atomic E-state index is -1.02. The molecule has 0 atom stereocenters. The Hall–Kier alpha value is -3.19. The van der Waals surface area contributed by atoms with Crippen LogP contribution in [0.2, 0.25) is 0 Å². The second-order valence-electron chi connectivity index (χ2n) is 6.06. The SMILES string of the molecule is Cc1nc(CC(=O)NCCOc2ccccc2-c2ccccc2)sc1C(=O)O. The third-order valence-corrected chi connectivity index (χ3v) is 5.15. The van der Waals surface area contributed by atoms with Crippen molar-refractivity contribution in [3.63, 3.8) is 0 Å². The number of nitrogens with zero attached hydrogens (tertiary/aromatic N) is 1. The lowest BCUT2D eigenvalue weighted by atomic mass is 10.1. The number of nitrogens with one attached hydrogen (secondary N) is 1. The maximum Gasteiger partial charge on any atom is 0.347 e. The highest BCUT2D eigenvalue weighted by molar-refractivity contribution is 7.13. The van der Waals surface area contributed by atoms with Crippen molar-refractivity contribution in [1.82, 2.24) is 10.3 Å². The van der Waals surface area contributed by atoms with E-state index < -0.39 is 5.97 Å². The molecular formula is C21H20N2O4S. The van der Waals surface area contributed by atoms with Crippen LogP contribution in [0.4, 0.5) is 0 Å². The van der Waals surface area contributed by atoms with Gasteiger partial charge in [-0.15, -0.1) is 11.3 Å². The summed E-state index contributed by atoms with van der Waals surface area (Å²) in [5, 5.41) is 12.3. The Morgan fingerprint density at radius 2 is 1.82 bits per heavy atom. The first kappa shape index (κ1) is 19.6. The topological polar surface area (TPSA) is 88.5 Å². The van der Waals surface area contributed by atoms with Crippen molar-refractivity contribution in [3.8, 4) is 16.9 Å². The molecule has 0 unspecified atom stereocenters. The first-order valence-corrected chi connectivity index (χ1v) is 9.60. The number of carboxylic acid groups (broad SMARTS) is 1. The zero-order valence-electron chi connectivity index (χ0n) is 15.3. The summed E-state index contributed by atoms with van der Waals surface area (Å²) in [7, 11) is 0. The van der Waals surface area contributed by atoms with Crippen LogP contribution in [0.1, 0.15) is 20.4 Å². The van der Waals surface area contributed by atoms with E-state index in [9.17, 15) is 9.59 Å². The minimum Gasteiger partial charge on any atom is -0.491 e. The van der Waals surface area contributed by atoms with E-state index in [4.69, 9.17) is 9.84 Å². The number of aromatic carboxylic acids is 1. The van der Waals surface area contributed by atoms with E-state index in [0.29, 0.717) is 23.9 Å². The van der Waals surface area contributed by atoms with Crippen molar-refractivity contribution in [1.29, 1.82) is 0 Å². The number of carboxylic acids is 1. The summed E-state index contributed by atoms with van der Waals surface area (Å²) in [6.07, 6.45) is 0.0549. The Balaban J connectivity index is 1.51. The number of carbonyl (C=O) groups is 2. The predicted octanol–water partition coefficient (Wildman–Crippen LogP) is 3.55. The number of aryl methyl sites for hydroxylation is 1. The Bertz CT molecular complexity index is 970. The lowest BCUT2D eigenvalue weighted by molar-refractivity contribution is -0.120. The number of aromatic nitrogens is 1. The number of para-hydroxylation sites is 1. The molecule has 1 heterocycles. The highest BCUT2D eigenvalue weighted by Crippen LogP contribution is 2.29. The van der Waals surface area contributed by atoms with Gasteiger partial charge in [0.15, 0.2) is 0 Å². The summed E-state index contributed by atoms with van der Waals surface area (Å²) < 4.78 is 5.84. The van der Waals surface area contributed by atoms with Crippen LogP contribution in [0, 0.1) is 6.92 Å². The number of hydrogen-bond acceptors (Lipinski definition) is 5. The monoisotopic (exact) mass is 396 g/mol. The molecule has 0 aliphatic heterocycles. The number of thiazole rings is 1. The van der Waals surface area contributed by atoms with E-state index in [2.05, 4.69) is 10.3 Å². The van der Waals surface area contributed by atoms with Crippen molar-refractivity contribution in [2.24, 2.45) is 0 Å². The number of hydrogen-bond donors (Lipinski definition) is 2. The molecule has 1 amide bonds. The molecule has 0 bridgehead atoms. The summed E-state index contributed by atoms with van der Waals surface area (Å²) in [6.45, 7) is 2.30. The van der Waals surface area contributed by atoms with Crippen LogP contribution < -0.4 is 10.1 Å². The third kappa shape index (κ3) is 4.95. The van der Waals surface area contributed by atoms with Gasteiger partial charge in [0.25, 0.3) is 0 Å². The van der Waals surface area contributed by atoms with Gasteiger partial charge in [0.2, 0.25) is 5.91 Å². The number of carbonyl (C=O) groups excluding carboxylic acids is 1. The third-order valence-electron chi connectivity index (χ3n) is 4.00. The molecule has 3 aromatic rings. The van der Waals surface area contributed by atoms with Gasteiger partial charge in [0.1, 0.15) is 22.2 Å². The summed E-state index contributed by atoms with van der Waals surface area (Å²) >= 11 is 1.03. The van der Waals surface area contributed by atoms with E-state index >= 15 is 0 Å². The van der Waals surface area contributed by atoms with Crippen LogP contribution >= 0.6 is 11.3 Å². The molecule has 0 saturated heterocycles. The summed E-state index contributed by atoms with van der Waals surface area (Å²) in [6, 6.07) is 17.7. The van der Waals surface area contributed by atoms with Gasteiger partial charge in [-0.25, -0.2) is 9.78 Å². The molecule has 2 N–H and O–H groups in total. The summed E-state index contributed by atoms with van der Waals surface area (Å²) in [5.41, 5.74) is 2.49. The van der Waals surface area contributed by atoms with Crippen molar-refractivity contribution in [2.75, 3.05) is 13.2 Å². The number of amides is 1. The van der Waals surface area contributed by atoms with Crippen LogP contribution in [-0.4, -0.2) is 35.1 Å². The largest absolute Gasteiger partial charge is 0.491 e. The van der Waals surface area contributed by atoms with E-state index in [0.717, 1.165) is 28.2 Å². The molecule has 0 spiro atoms. The molecule has 1 aromatic heterocycles. The zero-order chi connectivity index (χ0) is 19.9. The first-order valence-electron chi connectivity index (χ1n) is 8.78. The first-order chi connectivity index (χ1) is 13.5. The lowest BCUT2D eigenvalue weighted by Gasteiger charge is -2.12. The Morgan fingerprint density at radius 3 is 2.54 bits per heavy atom. The maximum atomic E-state index is 12.1. The molecular weight excluding hydrogens is 376 g/mol. The van der Waals surface area contributed by atoms with Gasteiger partial charge in [-0.3, -0.25) is 4.79 Å². The molecule has 0 aliphatic rings. The summed E-state index contributed by atoms with van der Waals surface area (Å²) in [4.78, 5) is 27.4. The van der Waals surface area contributed by atoms with Crippen LogP contribution in [0.15, 0.2) is 54.6 Å². The van der Waals surface area contributed by atoms with Crippen LogP contribution in [-0.2, 0) is 11.2 Å². The highest BCUT2D eigenvalue weighted by atomic mass is 32.1. The number of benzene rings is 2. The Kier molecular flexibility index (Phi) is 6.39. The van der Waals surface area contributed by atoms with Gasteiger partial charge < -0.3 is 15.2 Å².